The minimum absolute atomic E-state index is 0.0235. The average Bonchev–Trinajstić information content (AvgIpc) is 2.97. The fourth-order valence-electron chi connectivity index (χ4n) is 3.29. The second kappa shape index (κ2) is 5.83. The van der Waals surface area contributed by atoms with Crippen LogP contribution in [0.5, 0.6) is 0 Å². The Hall–Kier alpha value is -2.69. The summed E-state index contributed by atoms with van der Waals surface area (Å²) in [5.41, 5.74) is 3.40. The normalized spacial score (nSPS) is 16.0. The van der Waals surface area contributed by atoms with Gasteiger partial charge in [0.25, 0.3) is 5.69 Å². The number of nitro benzene ring substituents is 1. The van der Waals surface area contributed by atoms with Crippen LogP contribution in [0.15, 0.2) is 42.5 Å². The second-order valence-corrected chi connectivity index (χ2v) is 5.88. The highest BCUT2D eigenvalue weighted by Crippen LogP contribution is 2.40. The number of hydrogen-bond donors (Lipinski definition) is 0. The average molecular weight is 310 g/mol. The van der Waals surface area contributed by atoms with Gasteiger partial charge in [-0.15, -0.1) is 0 Å². The van der Waals surface area contributed by atoms with Gasteiger partial charge in [0.2, 0.25) is 0 Å². The number of carbonyl (C=O) groups is 1. The van der Waals surface area contributed by atoms with E-state index in [0.29, 0.717) is 11.3 Å². The van der Waals surface area contributed by atoms with Gasteiger partial charge >= 0.3 is 0 Å². The number of nitro groups is 1. The third-order valence-electron chi connectivity index (χ3n) is 4.53. The first kappa shape index (κ1) is 15.2. The van der Waals surface area contributed by atoms with Crippen LogP contribution in [0.4, 0.5) is 11.4 Å². The molecule has 23 heavy (non-hydrogen) atoms. The van der Waals surface area contributed by atoms with E-state index in [1.165, 1.54) is 24.1 Å². The maximum Gasteiger partial charge on any atom is 0.293 e. The molecule has 0 N–H and O–H groups in total. The Labute approximate surface area is 134 Å². The quantitative estimate of drug-likeness (QED) is 0.488. The summed E-state index contributed by atoms with van der Waals surface area (Å²) in [5.74, 6) is -0.173. The third kappa shape index (κ3) is 2.70. The number of carbonyl (C=O) groups excluding carboxylic acids is 1. The summed E-state index contributed by atoms with van der Waals surface area (Å²) < 4.78 is 0. The van der Waals surface area contributed by atoms with Crippen LogP contribution >= 0.6 is 0 Å². The number of hydrogen-bond acceptors (Lipinski definition) is 4. The van der Waals surface area contributed by atoms with Crippen molar-refractivity contribution >= 4 is 17.2 Å². The number of nitrogens with zero attached hydrogens (tertiary/aromatic N) is 2. The maximum atomic E-state index is 11.5. The summed E-state index contributed by atoms with van der Waals surface area (Å²) in [6.07, 6.45) is 1.91. The highest BCUT2D eigenvalue weighted by molar-refractivity contribution is 5.95. The van der Waals surface area contributed by atoms with Crippen LogP contribution in [-0.4, -0.2) is 17.8 Å². The summed E-state index contributed by atoms with van der Waals surface area (Å²) >= 11 is 0. The molecule has 0 aliphatic heterocycles. The Balaban J connectivity index is 2.02. The zero-order chi connectivity index (χ0) is 16.6. The van der Waals surface area contributed by atoms with Crippen molar-refractivity contribution in [2.75, 3.05) is 11.9 Å². The topological polar surface area (TPSA) is 63.5 Å². The lowest BCUT2D eigenvalue weighted by atomic mass is 10.0. The van der Waals surface area contributed by atoms with Crippen molar-refractivity contribution < 1.29 is 9.72 Å². The fraction of sp³-hybridized carbons (Fsp3) is 0.278. The van der Waals surface area contributed by atoms with Gasteiger partial charge in [-0.2, -0.15) is 0 Å². The lowest BCUT2D eigenvalue weighted by Gasteiger charge is -2.27. The van der Waals surface area contributed by atoms with E-state index in [1.807, 2.05) is 24.1 Å². The Kier molecular flexibility index (Phi) is 3.86. The molecule has 5 heteroatoms. The van der Waals surface area contributed by atoms with E-state index in [0.717, 1.165) is 12.8 Å². The monoisotopic (exact) mass is 310 g/mol. The van der Waals surface area contributed by atoms with Crippen molar-refractivity contribution in [3.63, 3.8) is 0 Å². The number of fused-ring (bicyclic) bond motifs is 1. The zero-order valence-corrected chi connectivity index (χ0v) is 13.2. The maximum absolute atomic E-state index is 11.5. The van der Waals surface area contributed by atoms with E-state index in [1.54, 1.807) is 12.1 Å². The Morgan fingerprint density at radius 3 is 2.70 bits per heavy atom. The van der Waals surface area contributed by atoms with Crippen molar-refractivity contribution in [3.05, 3.63) is 69.3 Å². The van der Waals surface area contributed by atoms with Gasteiger partial charge in [-0.1, -0.05) is 24.3 Å². The second-order valence-electron chi connectivity index (χ2n) is 5.88. The van der Waals surface area contributed by atoms with E-state index >= 15 is 0 Å². The summed E-state index contributed by atoms with van der Waals surface area (Å²) in [5, 5.41) is 11.4. The predicted octanol–water partition coefficient (Wildman–Crippen LogP) is 3.92. The molecule has 0 aromatic heterocycles. The molecular weight excluding hydrogens is 292 g/mol. The molecule has 1 aliphatic rings. The van der Waals surface area contributed by atoms with Gasteiger partial charge in [0, 0.05) is 18.7 Å². The van der Waals surface area contributed by atoms with E-state index in [4.69, 9.17) is 0 Å². The van der Waals surface area contributed by atoms with Crippen molar-refractivity contribution in [2.24, 2.45) is 0 Å². The Morgan fingerprint density at radius 2 is 2.00 bits per heavy atom. The minimum Gasteiger partial charge on any atom is -0.362 e. The van der Waals surface area contributed by atoms with Gasteiger partial charge in [-0.3, -0.25) is 14.9 Å². The zero-order valence-electron chi connectivity index (χ0n) is 13.2. The molecule has 2 aromatic rings. The van der Waals surface area contributed by atoms with Crippen LogP contribution < -0.4 is 4.90 Å². The molecule has 1 aliphatic carbocycles. The highest BCUT2D eigenvalue weighted by atomic mass is 16.6. The largest absolute Gasteiger partial charge is 0.362 e. The molecular formula is C18H18N2O3. The predicted molar refractivity (Wildman–Crippen MR) is 89.0 cm³/mol. The summed E-state index contributed by atoms with van der Waals surface area (Å²) in [7, 11) is 1.88. The number of benzene rings is 2. The molecule has 0 spiro atoms. The van der Waals surface area contributed by atoms with Crippen molar-refractivity contribution in [2.45, 2.75) is 25.8 Å². The van der Waals surface area contributed by atoms with Crippen LogP contribution in [0.1, 0.15) is 40.9 Å². The molecule has 0 radical (unpaired) electrons. The van der Waals surface area contributed by atoms with Gasteiger partial charge < -0.3 is 4.90 Å². The van der Waals surface area contributed by atoms with Gasteiger partial charge in [-0.25, -0.2) is 0 Å². The van der Waals surface area contributed by atoms with Crippen LogP contribution in [0.3, 0.4) is 0 Å². The summed E-state index contributed by atoms with van der Waals surface area (Å²) in [4.78, 5) is 24.4. The molecule has 5 nitrogen and oxygen atoms in total. The number of aryl methyl sites for hydroxylation is 1. The first-order valence-electron chi connectivity index (χ1n) is 7.59. The number of anilines is 1. The van der Waals surface area contributed by atoms with Crippen LogP contribution in [-0.2, 0) is 6.42 Å². The van der Waals surface area contributed by atoms with Crippen LogP contribution in [0.2, 0.25) is 0 Å². The van der Waals surface area contributed by atoms with E-state index in [-0.39, 0.29) is 17.5 Å². The van der Waals surface area contributed by atoms with Crippen LogP contribution in [0.25, 0.3) is 0 Å². The number of Topliss-reactive ketones (excluding diaryl/α,β-unsaturated/α-hetero) is 1. The first-order valence-corrected chi connectivity index (χ1v) is 7.59. The Bertz CT molecular complexity index is 786. The van der Waals surface area contributed by atoms with Gasteiger partial charge in [-0.05, 0) is 43.0 Å². The minimum atomic E-state index is -0.418. The van der Waals surface area contributed by atoms with Crippen LogP contribution in [0, 0.1) is 10.1 Å². The standard InChI is InChI=1S/C18H18N2O3/c1-12(21)14-8-10-17(18(11-14)20(22)23)19(2)16-9-7-13-5-3-4-6-15(13)16/h3-6,8,10-11,16H,7,9H2,1-2H3. The summed E-state index contributed by atoms with van der Waals surface area (Å²) in [6.45, 7) is 1.41. The smallest absolute Gasteiger partial charge is 0.293 e. The van der Waals surface area contributed by atoms with E-state index in [9.17, 15) is 14.9 Å². The SMILES string of the molecule is CC(=O)c1ccc(N(C)C2CCc3ccccc32)c([N+](=O)[O-])c1. The molecule has 2 aromatic carbocycles. The highest BCUT2D eigenvalue weighted by Gasteiger charge is 2.29. The molecule has 1 unspecified atom stereocenters. The van der Waals surface area contributed by atoms with E-state index < -0.39 is 4.92 Å². The molecule has 0 bridgehead atoms. The number of ketones is 1. The van der Waals surface area contributed by atoms with Gasteiger partial charge in [0.1, 0.15) is 5.69 Å². The first-order chi connectivity index (χ1) is 11.0. The van der Waals surface area contributed by atoms with Crippen molar-refractivity contribution in [1.82, 2.24) is 0 Å². The molecule has 118 valence electrons. The number of rotatable bonds is 4. The molecule has 0 saturated heterocycles. The van der Waals surface area contributed by atoms with Crippen molar-refractivity contribution in [1.29, 1.82) is 0 Å². The molecule has 0 fully saturated rings. The lowest BCUT2D eigenvalue weighted by Crippen LogP contribution is -2.23. The molecule has 0 saturated carbocycles. The van der Waals surface area contributed by atoms with Gasteiger partial charge in [0.15, 0.2) is 5.78 Å². The summed E-state index contributed by atoms with van der Waals surface area (Å²) in [6, 6.07) is 13.0. The lowest BCUT2D eigenvalue weighted by molar-refractivity contribution is -0.384. The molecule has 1 atom stereocenters. The van der Waals surface area contributed by atoms with E-state index in [2.05, 4.69) is 12.1 Å². The fourth-order valence-corrected chi connectivity index (χ4v) is 3.29. The Morgan fingerprint density at radius 1 is 1.26 bits per heavy atom. The van der Waals surface area contributed by atoms with Gasteiger partial charge in [0.05, 0.1) is 11.0 Å². The molecule has 0 amide bonds. The third-order valence-corrected chi connectivity index (χ3v) is 4.53. The van der Waals surface area contributed by atoms with Crippen molar-refractivity contribution in [3.8, 4) is 0 Å². The molecule has 0 heterocycles. The molecule has 3 rings (SSSR count).